The molecular formula is C15H10O6. The number of hydrogen-bond donors (Lipinski definition) is 4. The van der Waals surface area contributed by atoms with Crippen molar-refractivity contribution in [2.24, 2.45) is 0 Å². The van der Waals surface area contributed by atoms with Crippen LogP contribution < -0.4 is 5.43 Å². The lowest BCUT2D eigenvalue weighted by Crippen LogP contribution is -2.02. The van der Waals surface area contributed by atoms with Crippen LogP contribution in [0.2, 0.25) is 0 Å². The fraction of sp³-hybridized carbons (Fsp3) is 0. The van der Waals surface area contributed by atoms with Crippen LogP contribution >= 0.6 is 0 Å². The van der Waals surface area contributed by atoms with Crippen molar-refractivity contribution >= 4 is 11.0 Å². The van der Waals surface area contributed by atoms with Gasteiger partial charge in [-0.15, -0.1) is 0 Å². The first-order valence-corrected chi connectivity index (χ1v) is 5.99. The summed E-state index contributed by atoms with van der Waals surface area (Å²) in [5.74, 6) is -1.80. The molecule has 0 amide bonds. The van der Waals surface area contributed by atoms with Crippen molar-refractivity contribution < 1.29 is 24.8 Å². The zero-order valence-corrected chi connectivity index (χ0v) is 10.6. The Morgan fingerprint density at radius 3 is 2.38 bits per heavy atom. The third-order valence-electron chi connectivity index (χ3n) is 3.10. The highest BCUT2D eigenvalue weighted by Crippen LogP contribution is 2.38. The highest BCUT2D eigenvalue weighted by molar-refractivity contribution is 5.87. The molecule has 6 heteroatoms. The van der Waals surface area contributed by atoms with Gasteiger partial charge in [0.05, 0.1) is 5.56 Å². The largest absolute Gasteiger partial charge is 0.508 e. The van der Waals surface area contributed by atoms with E-state index in [-0.39, 0.29) is 39.5 Å². The molecule has 0 saturated heterocycles. The van der Waals surface area contributed by atoms with Crippen LogP contribution in [0.4, 0.5) is 0 Å². The Hall–Kier alpha value is -3.15. The molecule has 0 atom stereocenters. The van der Waals surface area contributed by atoms with Gasteiger partial charge >= 0.3 is 0 Å². The van der Waals surface area contributed by atoms with Crippen LogP contribution in [0.3, 0.4) is 0 Å². The predicted molar refractivity (Wildman–Crippen MR) is 74.6 cm³/mol. The molecule has 0 bridgehead atoms. The molecule has 21 heavy (non-hydrogen) atoms. The summed E-state index contributed by atoms with van der Waals surface area (Å²) in [5.41, 5.74) is -0.690. The number of fused-ring (bicyclic) bond motifs is 1. The van der Waals surface area contributed by atoms with Crippen LogP contribution in [0.5, 0.6) is 23.0 Å². The zero-order chi connectivity index (χ0) is 15.1. The quantitative estimate of drug-likeness (QED) is 0.546. The van der Waals surface area contributed by atoms with Crippen LogP contribution in [0.1, 0.15) is 0 Å². The molecule has 0 fully saturated rings. The van der Waals surface area contributed by atoms with Crippen LogP contribution in [0.15, 0.2) is 45.6 Å². The maximum atomic E-state index is 12.1. The Balaban J connectivity index is 2.39. The predicted octanol–water partition coefficient (Wildman–Crippen LogP) is 2.28. The molecule has 0 aliphatic carbocycles. The zero-order valence-electron chi connectivity index (χ0n) is 10.6. The molecule has 1 aromatic heterocycles. The molecule has 6 nitrogen and oxygen atoms in total. The van der Waals surface area contributed by atoms with Gasteiger partial charge in [-0.1, -0.05) is 6.07 Å². The Morgan fingerprint density at radius 1 is 0.905 bits per heavy atom. The monoisotopic (exact) mass is 286 g/mol. The normalized spacial score (nSPS) is 10.9. The second-order valence-corrected chi connectivity index (χ2v) is 4.46. The second-order valence-electron chi connectivity index (χ2n) is 4.46. The van der Waals surface area contributed by atoms with Gasteiger partial charge in [-0.2, -0.15) is 0 Å². The second kappa shape index (κ2) is 4.45. The number of rotatable bonds is 1. The molecule has 2 aromatic carbocycles. The maximum absolute atomic E-state index is 12.1. The lowest BCUT2D eigenvalue weighted by molar-refractivity contribution is 0.436. The van der Waals surface area contributed by atoms with E-state index in [1.807, 2.05) is 0 Å². The highest BCUT2D eigenvalue weighted by atomic mass is 16.4. The van der Waals surface area contributed by atoms with Crippen molar-refractivity contribution in [3.63, 3.8) is 0 Å². The topological polar surface area (TPSA) is 111 Å². The van der Waals surface area contributed by atoms with E-state index in [1.165, 1.54) is 30.3 Å². The van der Waals surface area contributed by atoms with Crippen LogP contribution in [0.25, 0.3) is 22.3 Å². The molecule has 3 aromatic rings. The molecule has 0 aliphatic rings. The molecule has 1 heterocycles. The van der Waals surface area contributed by atoms with Gasteiger partial charge in [0.25, 0.3) is 0 Å². The Labute approximate surface area is 117 Å². The standard InChI is InChI=1S/C15H10O6/c16-7-4-5-8(10(18)6-7)15-14(20)13(19)12-9(17)2-1-3-11(12)21-15/h1-6,16-18,20H. The SMILES string of the molecule is O=c1c(O)c(-c2ccc(O)cc2O)oc2cccc(O)c12. The Kier molecular flexibility index (Phi) is 2.72. The smallest absolute Gasteiger partial charge is 0.238 e. The molecule has 0 radical (unpaired) electrons. The van der Waals surface area contributed by atoms with E-state index in [9.17, 15) is 25.2 Å². The number of benzene rings is 2. The number of hydrogen-bond acceptors (Lipinski definition) is 6. The lowest BCUT2D eigenvalue weighted by Gasteiger charge is -2.08. The molecule has 106 valence electrons. The van der Waals surface area contributed by atoms with E-state index in [4.69, 9.17) is 4.42 Å². The summed E-state index contributed by atoms with van der Waals surface area (Å²) in [5, 5.41) is 38.6. The highest BCUT2D eigenvalue weighted by Gasteiger charge is 2.19. The van der Waals surface area contributed by atoms with E-state index in [2.05, 4.69) is 0 Å². The van der Waals surface area contributed by atoms with E-state index in [1.54, 1.807) is 0 Å². The van der Waals surface area contributed by atoms with Gasteiger partial charge in [0.1, 0.15) is 28.2 Å². The summed E-state index contributed by atoms with van der Waals surface area (Å²) in [6.45, 7) is 0. The molecule has 0 saturated carbocycles. The summed E-state index contributed by atoms with van der Waals surface area (Å²) in [7, 11) is 0. The molecule has 0 spiro atoms. The molecule has 0 unspecified atom stereocenters. The minimum atomic E-state index is -0.808. The molecule has 4 N–H and O–H groups in total. The van der Waals surface area contributed by atoms with Crippen molar-refractivity contribution in [1.82, 2.24) is 0 Å². The van der Waals surface area contributed by atoms with E-state index < -0.39 is 11.2 Å². The molecular weight excluding hydrogens is 276 g/mol. The molecule has 3 rings (SSSR count). The van der Waals surface area contributed by atoms with Crippen molar-refractivity contribution in [2.75, 3.05) is 0 Å². The first-order chi connectivity index (χ1) is 9.99. The fourth-order valence-electron chi connectivity index (χ4n) is 2.11. The van der Waals surface area contributed by atoms with Gasteiger partial charge in [-0.25, -0.2) is 0 Å². The average molecular weight is 286 g/mol. The van der Waals surface area contributed by atoms with E-state index >= 15 is 0 Å². The van der Waals surface area contributed by atoms with Crippen LogP contribution in [0, 0.1) is 0 Å². The Bertz CT molecular complexity index is 910. The van der Waals surface area contributed by atoms with Crippen molar-refractivity contribution in [3.8, 4) is 34.3 Å². The van der Waals surface area contributed by atoms with Crippen LogP contribution in [-0.4, -0.2) is 20.4 Å². The number of phenolic OH excluding ortho intramolecular Hbond substituents is 3. The third kappa shape index (κ3) is 1.93. The lowest BCUT2D eigenvalue weighted by atomic mass is 10.1. The average Bonchev–Trinajstić information content (AvgIpc) is 2.43. The van der Waals surface area contributed by atoms with E-state index in [0.29, 0.717) is 0 Å². The molecule has 0 aliphatic heterocycles. The number of aromatic hydroxyl groups is 4. The maximum Gasteiger partial charge on any atom is 0.238 e. The van der Waals surface area contributed by atoms with Gasteiger partial charge in [0, 0.05) is 6.07 Å². The van der Waals surface area contributed by atoms with Gasteiger partial charge in [-0.05, 0) is 24.3 Å². The van der Waals surface area contributed by atoms with Crippen molar-refractivity contribution in [3.05, 3.63) is 46.6 Å². The van der Waals surface area contributed by atoms with E-state index in [0.717, 1.165) is 6.07 Å². The fourth-order valence-corrected chi connectivity index (χ4v) is 2.11. The Morgan fingerprint density at radius 2 is 1.67 bits per heavy atom. The summed E-state index contributed by atoms with van der Waals surface area (Å²) in [6.07, 6.45) is 0. The summed E-state index contributed by atoms with van der Waals surface area (Å²) in [6, 6.07) is 7.88. The first kappa shape index (κ1) is 12.9. The minimum Gasteiger partial charge on any atom is -0.508 e. The van der Waals surface area contributed by atoms with Crippen molar-refractivity contribution in [2.45, 2.75) is 0 Å². The number of phenols is 3. The minimum absolute atomic E-state index is 0.0487. The van der Waals surface area contributed by atoms with Gasteiger partial charge in [-0.3, -0.25) is 4.79 Å². The van der Waals surface area contributed by atoms with Gasteiger partial charge < -0.3 is 24.8 Å². The third-order valence-corrected chi connectivity index (χ3v) is 3.10. The summed E-state index contributed by atoms with van der Waals surface area (Å²) >= 11 is 0. The van der Waals surface area contributed by atoms with Gasteiger partial charge in [0.2, 0.25) is 11.2 Å². The van der Waals surface area contributed by atoms with Crippen molar-refractivity contribution in [1.29, 1.82) is 0 Å². The summed E-state index contributed by atoms with van der Waals surface area (Å²) < 4.78 is 5.41. The summed E-state index contributed by atoms with van der Waals surface area (Å²) in [4.78, 5) is 12.1. The van der Waals surface area contributed by atoms with Gasteiger partial charge in [0.15, 0.2) is 5.76 Å². The first-order valence-electron chi connectivity index (χ1n) is 5.99. The van der Waals surface area contributed by atoms with Crippen LogP contribution in [-0.2, 0) is 0 Å².